The van der Waals surface area contributed by atoms with Crippen LogP contribution in [0.2, 0.25) is 0 Å². The molecule has 2 fully saturated rings. The Bertz CT molecular complexity index is 1660. The van der Waals surface area contributed by atoms with E-state index in [4.69, 9.17) is 18.9 Å². The first-order chi connectivity index (χ1) is 43.1. The summed E-state index contributed by atoms with van der Waals surface area (Å²) in [5.74, 6) is -0.244. The van der Waals surface area contributed by atoms with Crippen LogP contribution in [-0.4, -0.2) is 140 Å². The summed E-state index contributed by atoms with van der Waals surface area (Å²) in [5, 5.41) is 87.4. The number of rotatable bonds is 61. The highest BCUT2D eigenvalue weighted by molar-refractivity contribution is 5.76. The normalized spacial score (nSPS) is 23.4. The van der Waals surface area contributed by atoms with E-state index in [1.807, 2.05) is 6.08 Å². The number of carbonyl (C=O) groups is 1. The Labute approximate surface area is 537 Å². The maximum absolute atomic E-state index is 13.3. The average molecular weight is 1250 g/mol. The second-order valence-electron chi connectivity index (χ2n) is 26.1. The van der Waals surface area contributed by atoms with Crippen molar-refractivity contribution < 1.29 is 64.6 Å². The smallest absolute Gasteiger partial charge is 0.220 e. The maximum Gasteiger partial charge on any atom is 0.220 e. The topological polar surface area (TPSA) is 228 Å². The third-order valence-corrected chi connectivity index (χ3v) is 18.0. The molecule has 516 valence electrons. The zero-order valence-electron chi connectivity index (χ0n) is 56.2. The summed E-state index contributed by atoms with van der Waals surface area (Å²) < 4.78 is 22.8. The van der Waals surface area contributed by atoms with Crippen molar-refractivity contribution in [1.82, 2.24) is 5.32 Å². The molecule has 9 N–H and O–H groups in total. The minimum atomic E-state index is -1.79. The molecule has 14 nitrogen and oxygen atoms in total. The summed E-state index contributed by atoms with van der Waals surface area (Å²) in [6, 6.07) is -0.931. The minimum Gasteiger partial charge on any atom is -0.394 e. The van der Waals surface area contributed by atoms with Gasteiger partial charge in [0.1, 0.15) is 48.8 Å². The van der Waals surface area contributed by atoms with Gasteiger partial charge in [0, 0.05) is 6.42 Å². The number of allylic oxidation sites excluding steroid dienone is 7. The molecular weight excluding hydrogens is 1110 g/mol. The Morgan fingerprint density at radius 2 is 0.761 bits per heavy atom. The van der Waals surface area contributed by atoms with E-state index < -0.39 is 86.8 Å². The van der Waals surface area contributed by atoms with Crippen LogP contribution in [0.15, 0.2) is 48.6 Å². The van der Waals surface area contributed by atoms with Gasteiger partial charge in [0.25, 0.3) is 0 Å². The molecule has 12 atom stereocenters. The highest BCUT2D eigenvalue weighted by Crippen LogP contribution is 2.30. The number of amides is 1. The van der Waals surface area contributed by atoms with E-state index in [0.717, 1.165) is 38.5 Å². The van der Waals surface area contributed by atoms with Gasteiger partial charge >= 0.3 is 0 Å². The fraction of sp³-hybridized carbons (Fsp3) is 0.878. The Balaban J connectivity index is 1.62. The molecule has 2 aliphatic heterocycles. The van der Waals surface area contributed by atoms with E-state index in [0.29, 0.717) is 12.8 Å². The molecule has 2 saturated heterocycles. The predicted molar refractivity (Wildman–Crippen MR) is 360 cm³/mol. The van der Waals surface area contributed by atoms with E-state index >= 15 is 0 Å². The van der Waals surface area contributed by atoms with Crippen LogP contribution < -0.4 is 5.32 Å². The molecule has 0 radical (unpaired) electrons. The number of aliphatic hydroxyl groups is 8. The number of aliphatic hydroxyl groups excluding tert-OH is 8. The second kappa shape index (κ2) is 58.7. The molecule has 0 aromatic rings. The van der Waals surface area contributed by atoms with Gasteiger partial charge in [-0.05, 0) is 64.2 Å². The van der Waals surface area contributed by atoms with Crippen molar-refractivity contribution >= 4 is 5.91 Å². The molecule has 1 amide bonds. The predicted octanol–water partition coefficient (Wildman–Crippen LogP) is 15.5. The number of hydrogen-bond donors (Lipinski definition) is 9. The Morgan fingerprint density at radius 3 is 1.18 bits per heavy atom. The number of unbranched alkanes of at least 4 members (excludes halogenated alkanes) is 42. The van der Waals surface area contributed by atoms with Crippen LogP contribution >= 0.6 is 0 Å². The van der Waals surface area contributed by atoms with Crippen molar-refractivity contribution in [2.75, 3.05) is 19.8 Å². The Kier molecular flexibility index (Phi) is 54.8. The molecule has 0 aromatic carbocycles. The van der Waals surface area contributed by atoms with Gasteiger partial charge in [-0.15, -0.1) is 0 Å². The van der Waals surface area contributed by atoms with E-state index in [2.05, 4.69) is 55.6 Å². The number of ether oxygens (including phenoxy) is 4. The fourth-order valence-electron chi connectivity index (χ4n) is 12.1. The van der Waals surface area contributed by atoms with Gasteiger partial charge in [-0.1, -0.05) is 300 Å². The molecule has 2 rings (SSSR count). The zero-order chi connectivity index (χ0) is 63.8. The molecule has 14 heteroatoms. The summed E-state index contributed by atoms with van der Waals surface area (Å²) >= 11 is 0. The molecule has 12 unspecified atom stereocenters. The third kappa shape index (κ3) is 42.2. The van der Waals surface area contributed by atoms with E-state index in [1.165, 1.54) is 250 Å². The van der Waals surface area contributed by atoms with Crippen LogP contribution in [0.1, 0.15) is 322 Å². The Morgan fingerprint density at radius 1 is 0.409 bits per heavy atom. The van der Waals surface area contributed by atoms with Gasteiger partial charge in [0.05, 0.1) is 32.0 Å². The molecule has 88 heavy (non-hydrogen) atoms. The van der Waals surface area contributed by atoms with Crippen molar-refractivity contribution in [3.63, 3.8) is 0 Å². The van der Waals surface area contributed by atoms with Crippen LogP contribution in [0.3, 0.4) is 0 Å². The lowest BCUT2D eigenvalue weighted by Gasteiger charge is -2.46. The summed E-state index contributed by atoms with van der Waals surface area (Å²) in [4.78, 5) is 13.3. The van der Waals surface area contributed by atoms with E-state index in [-0.39, 0.29) is 18.9 Å². The highest BCUT2D eigenvalue weighted by atomic mass is 16.7. The molecule has 0 saturated carbocycles. The summed E-state index contributed by atoms with van der Waals surface area (Å²) in [5.41, 5.74) is 0. The molecule has 2 heterocycles. The first-order valence-electron chi connectivity index (χ1n) is 36.9. The van der Waals surface area contributed by atoms with Crippen molar-refractivity contribution in [2.45, 2.75) is 396 Å². The monoisotopic (exact) mass is 1250 g/mol. The lowest BCUT2D eigenvalue weighted by atomic mass is 9.97. The molecule has 0 spiro atoms. The van der Waals surface area contributed by atoms with Crippen LogP contribution in [-0.2, 0) is 23.7 Å². The number of nitrogens with one attached hydrogen (secondary N) is 1. The van der Waals surface area contributed by atoms with Crippen LogP contribution in [0.5, 0.6) is 0 Å². The Hall–Kier alpha value is -2.05. The van der Waals surface area contributed by atoms with Crippen molar-refractivity contribution in [1.29, 1.82) is 0 Å². The van der Waals surface area contributed by atoms with E-state index in [1.54, 1.807) is 6.08 Å². The first-order valence-corrected chi connectivity index (χ1v) is 36.9. The van der Waals surface area contributed by atoms with Gasteiger partial charge in [-0.2, -0.15) is 0 Å². The summed E-state index contributed by atoms with van der Waals surface area (Å²) in [6.07, 6.45) is 60.4. The summed E-state index contributed by atoms with van der Waals surface area (Å²) in [6.45, 7) is 2.81. The van der Waals surface area contributed by atoms with Crippen LogP contribution in [0.4, 0.5) is 0 Å². The zero-order valence-corrected chi connectivity index (χ0v) is 56.2. The van der Waals surface area contributed by atoms with Crippen molar-refractivity contribution in [3.05, 3.63) is 48.6 Å². The maximum atomic E-state index is 13.3. The number of hydrogen-bond acceptors (Lipinski definition) is 13. The highest BCUT2D eigenvalue weighted by Gasteiger charge is 2.51. The quantitative estimate of drug-likeness (QED) is 0.0204. The largest absolute Gasteiger partial charge is 0.394 e. The van der Waals surface area contributed by atoms with E-state index in [9.17, 15) is 45.6 Å². The lowest BCUT2D eigenvalue weighted by Crippen LogP contribution is -2.65. The van der Waals surface area contributed by atoms with Gasteiger partial charge in [-0.25, -0.2) is 0 Å². The molecule has 0 aromatic heterocycles. The molecule has 0 bridgehead atoms. The third-order valence-electron chi connectivity index (χ3n) is 18.0. The molecule has 0 aliphatic carbocycles. The van der Waals surface area contributed by atoms with Crippen molar-refractivity contribution in [2.24, 2.45) is 0 Å². The minimum absolute atomic E-state index is 0.244. The standard InChI is InChI=1S/C74H137NO13/c1-3-5-7-9-11-13-15-17-19-21-23-24-25-26-27-28-29-30-31-32-33-34-35-36-37-38-40-42-44-46-48-50-52-54-56-58-66(79)75-62(63(78)57-55-53-51-49-47-45-43-41-39-22-20-18-16-14-12-10-8-6-4-2)61-85-73-71(84)69(82)72(65(60-77)87-73)88-74-70(83)68(81)67(80)64(59-76)86-74/h15,17,21,23,47,49,55,57,62-65,67-74,76-78,80-84H,3-14,16,18-20,22,24-46,48,50-54,56,58-61H2,1-2H3,(H,75,79)/b17-15-,23-21-,49-47+,57-55+. The van der Waals surface area contributed by atoms with Gasteiger partial charge < -0.3 is 65.1 Å². The molecular formula is C74H137NO13. The van der Waals surface area contributed by atoms with Crippen LogP contribution in [0, 0.1) is 0 Å². The average Bonchev–Trinajstić information content (AvgIpc) is 1.84. The van der Waals surface area contributed by atoms with Gasteiger partial charge in [-0.3, -0.25) is 4.79 Å². The number of carbonyl (C=O) groups excluding carboxylic acids is 1. The van der Waals surface area contributed by atoms with Crippen LogP contribution in [0.25, 0.3) is 0 Å². The second-order valence-corrected chi connectivity index (χ2v) is 26.1. The fourth-order valence-corrected chi connectivity index (χ4v) is 12.1. The molecule has 2 aliphatic rings. The van der Waals surface area contributed by atoms with Crippen molar-refractivity contribution in [3.8, 4) is 0 Å². The van der Waals surface area contributed by atoms with Gasteiger partial charge in [0.15, 0.2) is 12.6 Å². The van der Waals surface area contributed by atoms with Gasteiger partial charge in [0.2, 0.25) is 5.91 Å². The SMILES string of the molecule is CCCCCCC/C=C\C/C=C\CCCCCCCCCCCCCCCCCCCCCCCCCC(=O)NC(COC1OC(CO)C(OC2OC(CO)C(O)C(O)C2O)C(O)C1O)C(O)/C=C/CC/C=C/CCCCCCCCCCCCCCC. The first kappa shape index (κ1) is 82.0. The summed E-state index contributed by atoms with van der Waals surface area (Å²) in [7, 11) is 0. The lowest BCUT2D eigenvalue weighted by molar-refractivity contribution is -0.359.